The standard InChI is InChI=1S/C9H14F3NO3S/c1-3-5(2)7(8(15)16)13-6(14)4-17-9(10,11)12/h5,7H,3-4H2,1-2H3,(H,13,14)(H,15,16)/t5-,7-/m0/s1. The van der Waals surface area contributed by atoms with E-state index in [0.717, 1.165) is 0 Å². The minimum Gasteiger partial charge on any atom is -0.480 e. The van der Waals surface area contributed by atoms with Crippen LogP contribution in [0.25, 0.3) is 0 Å². The van der Waals surface area contributed by atoms with Gasteiger partial charge in [0.2, 0.25) is 5.91 Å². The van der Waals surface area contributed by atoms with E-state index in [4.69, 9.17) is 5.11 Å². The first-order chi connectivity index (χ1) is 7.67. The number of nitrogens with one attached hydrogen (secondary N) is 1. The normalized spacial score (nSPS) is 15.1. The lowest BCUT2D eigenvalue weighted by molar-refractivity contribution is -0.143. The Balaban J connectivity index is 4.28. The maximum atomic E-state index is 11.8. The fourth-order valence-corrected chi connectivity index (χ4v) is 1.42. The van der Waals surface area contributed by atoms with Crippen molar-refractivity contribution >= 4 is 23.6 Å². The van der Waals surface area contributed by atoms with Crippen LogP contribution in [0.5, 0.6) is 0 Å². The van der Waals surface area contributed by atoms with Crippen molar-refractivity contribution in [2.45, 2.75) is 31.8 Å². The summed E-state index contributed by atoms with van der Waals surface area (Å²) in [6.07, 6.45) is 0.504. The predicted molar refractivity (Wildman–Crippen MR) is 57.5 cm³/mol. The molecule has 17 heavy (non-hydrogen) atoms. The number of rotatable bonds is 6. The van der Waals surface area contributed by atoms with Crippen LogP contribution in [-0.2, 0) is 9.59 Å². The Labute approximate surface area is 101 Å². The molecule has 2 N–H and O–H groups in total. The van der Waals surface area contributed by atoms with Gasteiger partial charge in [-0.3, -0.25) is 4.79 Å². The smallest absolute Gasteiger partial charge is 0.442 e. The highest BCUT2D eigenvalue weighted by Gasteiger charge is 2.31. The Hall–Kier alpha value is -0.920. The second kappa shape index (κ2) is 6.73. The van der Waals surface area contributed by atoms with E-state index in [1.807, 2.05) is 0 Å². The van der Waals surface area contributed by atoms with Gasteiger partial charge in [0.25, 0.3) is 0 Å². The second-order valence-corrected chi connectivity index (χ2v) is 4.54. The van der Waals surface area contributed by atoms with Gasteiger partial charge in [0, 0.05) is 0 Å². The average molecular weight is 273 g/mol. The predicted octanol–water partition coefficient (Wildman–Crippen LogP) is 1.85. The number of hydrogen-bond donors (Lipinski definition) is 2. The van der Waals surface area contributed by atoms with Crippen molar-refractivity contribution in [3.63, 3.8) is 0 Å². The van der Waals surface area contributed by atoms with Crippen LogP contribution >= 0.6 is 11.8 Å². The van der Waals surface area contributed by atoms with Crippen LogP contribution in [0.4, 0.5) is 13.2 Å². The fraction of sp³-hybridized carbons (Fsp3) is 0.778. The number of hydrogen-bond acceptors (Lipinski definition) is 3. The molecule has 1 amide bonds. The monoisotopic (exact) mass is 273 g/mol. The lowest BCUT2D eigenvalue weighted by Crippen LogP contribution is -2.45. The summed E-state index contributed by atoms with van der Waals surface area (Å²) in [5, 5.41) is 10.9. The molecule has 0 aromatic rings. The van der Waals surface area contributed by atoms with Gasteiger partial charge in [0.05, 0.1) is 5.75 Å². The molecule has 0 radical (unpaired) electrons. The number of halogens is 3. The molecule has 0 aromatic heterocycles. The Kier molecular flexibility index (Phi) is 6.36. The van der Waals surface area contributed by atoms with Crippen molar-refractivity contribution < 1.29 is 27.9 Å². The van der Waals surface area contributed by atoms with Gasteiger partial charge < -0.3 is 10.4 Å². The maximum Gasteiger partial charge on any atom is 0.442 e. The summed E-state index contributed by atoms with van der Waals surface area (Å²) in [6, 6.07) is -1.15. The Morgan fingerprint density at radius 1 is 1.41 bits per heavy atom. The summed E-state index contributed by atoms with van der Waals surface area (Å²) in [4.78, 5) is 21.9. The van der Waals surface area contributed by atoms with Gasteiger partial charge in [-0.25, -0.2) is 4.79 Å². The molecule has 0 unspecified atom stereocenters. The van der Waals surface area contributed by atoms with E-state index in [9.17, 15) is 22.8 Å². The molecule has 0 heterocycles. The molecule has 2 atom stereocenters. The van der Waals surface area contributed by atoms with E-state index >= 15 is 0 Å². The molecule has 0 saturated carbocycles. The minimum absolute atomic E-state index is 0.340. The summed E-state index contributed by atoms with van der Waals surface area (Å²) in [6.45, 7) is 3.34. The van der Waals surface area contributed by atoms with Crippen molar-refractivity contribution in [1.29, 1.82) is 0 Å². The maximum absolute atomic E-state index is 11.8. The van der Waals surface area contributed by atoms with Gasteiger partial charge >= 0.3 is 11.5 Å². The molecule has 0 rings (SSSR count). The SMILES string of the molecule is CC[C@H](C)[C@H](NC(=O)CSC(F)(F)F)C(=O)O. The lowest BCUT2D eigenvalue weighted by atomic mass is 9.99. The number of alkyl halides is 3. The Morgan fingerprint density at radius 2 is 1.94 bits per heavy atom. The number of carbonyl (C=O) groups excluding carboxylic acids is 1. The first kappa shape index (κ1) is 16.1. The van der Waals surface area contributed by atoms with E-state index in [-0.39, 0.29) is 5.92 Å². The third kappa shape index (κ3) is 7.09. The zero-order valence-corrected chi connectivity index (χ0v) is 10.2. The highest BCUT2D eigenvalue weighted by Crippen LogP contribution is 2.29. The number of thioether (sulfide) groups is 1. The molecule has 4 nitrogen and oxygen atoms in total. The van der Waals surface area contributed by atoms with E-state index in [1.54, 1.807) is 13.8 Å². The van der Waals surface area contributed by atoms with E-state index < -0.39 is 40.9 Å². The molecule has 8 heteroatoms. The quantitative estimate of drug-likeness (QED) is 0.775. The third-order valence-electron chi connectivity index (χ3n) is 2.16. The highest BCUT2D eigenvalue weighted by molar-refractivity contribution is 8.00. The molecular formula is C9H14F3NO3S. The topological polar surface area (TPSA) is 66.4 Å². The van der Waals surface area contributed by atoms with Gasteiger partial charge in [-0.1, -0.05) is 20.3 Å². The third-order valence-corrected chi connectivity index (χ3v) is 2.90. The van der Waals surface area contributed by atoms with Crippen LogP contribution < -0.4 is 5.32 Å². The van der Waals surface area contributed by atoms with Crippen LogP contribution in [0.2, 0.25) is 0 Å². The summed E-state index contributed by atoms with van der Waals surface area (Å²) >= 11 is -0.490. The van der Waals surface area contributed by atoms with Gasteiger partial charge in [-0.15, -0.1) is 0 Å². The molecule has 0 bridgehead atoms. The van der Waals surface area contributed by atoms with Gasteiger partial charge in [0.15, 0.2) is 0 Å². The molecule has 0 fully saturated rings. The average Bonchev–Trinajstić information content (AvgIpc) is 2.20. The zero-order chi connectivity index (χ0) is 13.6. The number of amides is 1. The largest absolute Gasteiger partial charge is 0.480 e. The first-order valence-electron chi connectivity index (χ1n) is 4.90. The van der Waals surface area contributed by atoms with Gasteiger partial charge in [0.1, 0.15) is 6.04 Å². The summed E-state index contributed by atoms with van der Waals surface area (Å²) in [5.74, 6) is -3.35. The molecule has 0 aliphatic rings. The molecule has 100 valence electrons. The molecule has 0 aromatic carbocycles. The van der Waals surface area contributed by atoms with Crippen molar-refractivity contribution in [1.82, 2.24) is 5.32 Å². The summed E-state index contributed by atoms with van der Waals surface area (Å²) < 4.78 is 35.4. The molecule has 0 saturated heterocycles. The van der Waals surface area contributed by atoms with Crippen molar-refractivity contribution in [3.8, 4) is 0 Å². The summed E-state index contributed by atoms with van der Waals surface area (Å²) in [5.41, 5.74) is -4.49. The number of carboxylic acids is 1. The number of carbonyl (C=O) groups is 2. The van der Waals surface area contributed by atoms with Gasteiger partial charge in [-0.2, -0.15) is 13.2 Å². The van der Waals surface area contributed by atoms with Crippen LogP contribution in [0, 0.1) is 5.92 Å². The minimum atomic E-state index is -4.49. The lowest BCUT2D eigenvalue weighted by Gasteiger charge is -2.20. The molecule has 0 spiro atoms. The van der Waals surface area contributed by atoms with Crippen LogP contribution in [0.3, 0.4) is 0 Å². The van der Waals surface area contributed by atoms with Gasteiger partial charge in [-0.05, 0) is 17.7 Å². The van der Waals surface area contributed by atoms with Crippen LogP contribution in [0.1, 0.15) is 20.3 Å². The van der Waals surface area contributed by atoms with Crippen LogP contribution in [0.15, 0.2) is 0 Å². The number of carboxylic acid groups (broad SMARTS) is 1. The first-order valence-corrected chi connectivity index (χ1v) is 5.88. The van der Waals surface area contributed by atoms with E-state index in [2.05, 4.69) is 5.32 Å². The van der Waals surface area contributed by atoms with E-state index in [1.165, 1.54) is 0 Å². The highest BCUT2D eigenvalue weighted by atomic mass is 32.2. The van der Waals surface area contributed by atoms with Crippen molar-refractivity contribution in [2.75, 3.05) is 5.75 Å². The number of aliphatic carboxylic acids is 1. The molecule has 0 aliphatic heterocycles. The Morgan fingerprint density at radius 3 is 2.29 bits per heavy atom. The molecule has 0 aliphatic carbocycles. The van der Waals surface area contributed by atoms with Crippen molar-refractivity contribution in [3.05, 3.63) is 0 Å². The summed E-state index contributed by atoms with van der Waals surface area (Å²) in [7, 11) is 0. The van der Waals surface area contributed by atoms with Crippen molar-refractivity contribution in [2.24, 2.45) is 5.92 Å². The molecular weight excluding hydrogens is 259 g/mol. The second-order valence-electron chi connectivity index (χ2n) is 3.50. The Bertz CT molecular complexity index is 283. The zero-order valence-electron chi connectivity index (χ0n) is 9.37. The fourth-order valence-electron chi connectivity index (χ4n) is 1.05. The van der Waals surface area contributed by atoms with Crippen LogP contribution in [-0.4, -0.2) is 34.3 Å². The van der Waals surface area contributed by atoms with E-state index in [0.29, 0.717) is 6.42 Å².